The van der Waals surface area contributed by atoms with Crippen LogP contribution in [0.1, 0.15) is 31.1 Å². The number of nitro groups is 1. The van der Waals surface area contributed by atoms with E-state index in [-0.39, 0.29) is 11.6 Å². The third kappa shape index (κ3) is 5.15. The van der Waals surface area contributed by atoms with Crippen LogP contribution >= 0.6 is 11.8 Å². The van der Waals surface area contributed by atoms with Crippen LogP contribution in [-0.4, -0.2) is 16.0 Å². The number of non-ortho nitro benzene ring substituents is 1. The second-order valence-electron chi connectivity index (χ2n) is 7.26. The van der Waals surface area contributed by atoms with Crippen molar-refractivity contribution in [2.75, 3.05) is 0 Å². The third-order valence-corrected chi connectivity index (χ3v) is 5.81. The number of nitro benzene ring substituents is 1. The summed E-state index contributed by atoms with van der Waals surface area (Å²) in [4.78, 5) is 27.7. The van der Waals surface area contributed by atoms with Gasteiger partial charge in [-0.25, -0.2) is 4.99 Å². The molecule has 1 N–H and O–H groups in total. The number of amidine groups is 1. The summed E-state index contributed by atoms with van der Waals surface area (Å²) in [5, 5.41) is 14.1. The number of unbranched alkanes of at least 4 members (excludes halogenated alkanes) is 1. The van der Waals surface area contributed by atoms with Gasteiger partial charge < -0.3 is 9.73 Å². The summed E-state index contributed by atoms with van der Waals surface area (Å²) in [5.41, 5.74) is 2.80. The number of nitrogens with one attached hydrogen (secondary N) is 1. The Kier molecular flexibility index (Phi) is 6.51. The van der Waals surface area contributed by atoms with E-state index in [9.17, 15) is 14.9 Å². The quantitative estimate of drug-likeness (QED) is 0.268. The maximum absolute atomic E-state index is 12.3. The van der Waals surface area contributed by atoms with Crippen molar-refractivity contribution in [1.29, 1.82) is 0 Å². The number of carbonyl (C=O) groups is 1. The predicted octanol–water partition coefficient (Wildman–Crippen LogP) is 6.09. The van der Waals surface area contributed by atoms with E-state index in [1.807, 2.05) is 12.1 Å². The van der Waals surface area contributed by atoms with Crippen LogP contribution in [0, 0.1) is 10.1 Å². The van der Waals surface area contributed by atoms with Gasteiger partial charge in [-0.05, 0) is 66.6 Å². The fourth-order valence-corrected chi connectivity index (χ4v) is 4.00. The van der Waals surface area contributed by atoms with Crippen molar-refractivity contribution in [3.05, 3.63) is 87.0 Å². The highest BCUT2D eigenvalue weighted by atomic mass is 32.2. The summed E-state index contributed by atoms with van der Waals surface area (Å²) in [6.07, 6.45) is 5.03. The normalized spacial score (nSPS) is 16.0. The molecule has 0 bridgehead atoms. The maximum atomic E-state index is 12.3. The molecule has 2 heterocycles. The molecule has 1 amide bonds. The summed E-state index contributed by atoms with van der Waals surface area (Å²) < 4.78 is 5.80. The average molecular weight is 448 g/mol. The van der Waals surface area contributed by atoms with E-state index in [4.69, 9.17) is 4.42 Å². The highest BCUT2D eigenvalue weighted by molar-refractivity contribution is 8.18. The number of nitrogens with zero attached hydrogens (tertiary/aromatic N) is 2. The van der Waals surface area contributed by atoms with E-state index in [0.717, 1.165) is 24.9 Å². The zero-order valence-electron chi connectivity index (χ0n) is 17.4. The molecule has 0 spiro atoms. The number of amides is 1. The molecule has 1 aliphatic heterocycles. The van der Waals surface area contributed by atoms with Gasteiger partial charge in [0.2, 0.25) is 0 Å². The van der Waals surface area contributed by atoms with E-state index >= 15 is 0 Å². The second-order valence-corrected chi connectivity index (χ2v) is 8.29. The molecule has 1 aromatic heterocycles. The van der Waals surface area contributed by atoms with Crippen LogP contribution in [0.25, 0.3) is 17.4 Å². The Morgan fingerprint density at radius 3 is 2.53 bits per heavy atom. The van der Waals surface area contributed by atoms with Crippen LogP contribution in [0.5, 0.6) is 0 Å². The van der Waals surface area contributed by atoms with Gasteiger partial charge in [-0.15, -0.1) is 0 Å². The lowest BCUT2D eigenvalue weighted by molar-refractivity contribution is -0.384. The van der Waals surface area contributed by atoms with Gasteiger partial charge in [-0.3, -0.25) is 14.9 Å². The number of carbonyl (C=O) groups excluding carboxylic acids is 1. The Hall–Kier alpha value is -3.65. The average Bonchev–Trinajstić information content (AvgIpc) is 3.40. The number of rotatable bonds is 7. The van der Waals surface area contributed by atoms with Gasteiger partial charge in [0, 0.05) is 23.8 Å². The van der Waals surface area contributed by atoms with E-state index in [1.54, 1.807) is 30.3 Å². The van der Waals surface area contributed by atoms with E-state index in [1.165, 1.54) is 29.5 Å². The highest BCUT2D eigenvalue weighted by Gasteiger charge is 2.24. The lowest BCUT2D eigenvalue weighted by Crippen LogP contribution is -2.19. The highest BCUT2D eigenvalue weighted by Crippen LogP contribution is 2.30. The molecular weight excluding hydrogens is 426 g/mol. The zero-order chi connectivity index (χ0) is 22.5. The molecule has 1 aliphatic rings. The number of benzene rings is 2. The van der Waals surface area contributed by atoms with E-state index in [2.05, 4.69) is 29.4 Å². The van der Waals surface area contributed by atoms with Gasteiger partial charge in [-0.2, -0.15) is 0 Å². The predicted molar refractivity (Wildman–Crippen MR) is 127 cm³/mol. The molecule has 1 fully saturated rings. The smallest absolute Gasteiger partial charge is 0.269 e. The molecule has 0 aliphatic carbocycles. The van der Waals surface area contributed by atoms with Gasteiger partial charge >= 0.3 is 0 Å². The fourth-order valence-electron chi connectivity index (χ4n) is 3.18. The Bertz CT molecular complexity index is 1190. The van der Waals surface area contributed by atoms with Crippen molar-refractivity contribution in [3.8, 4) is 11.3 Å². The SMILES string of the molecule is CCCCc1ccc(N=C2NC(=O)/C(=C\c3ccc(-c4ccc([N+](=O)[O-])cc4)o3)S2)cc1. The number of thioether (sulfide) groups is 1. The Balaban J connectivity index is 1.45. The number of hydrogen-bond donors (Lipinski definition) is 1. The minimum atomic E-state index is -0.447. The van der Waals surface area contributed by atoms with Gasteiger partial charge in [0.05, 0.1) is 15.5 Å². The fraction of sp³-hybridized carbons (Fsp3) is 0.167. The summed E-state index contributed by atoms with van der Waals surface area (Å²) in [6, 6.07) is 17.7. The minimum Gasteiger partial charge on any atom is -0.457 e. The van der Waals surface area contributed by atoms with Crippen molar-refractivity contribution in [1.82, 2.24) is 5.32 Å². The lowest BCUT2D eigenvalue weighted by atomic mass is 10.1. The molecule has 0 unspecified atom stereocenters. The topological polar surface area (TPSA) is 97.7 Å². The summed E-state index contributed by atoms with van der Waals surface area (Å²) in [6.45, 7) is 2.17. The van der Waals surface area contributed by atoms with Crippen molar-refractivity contribution in [2.24, 2.45) is 4.99 Å². The molecule has 4 rings (SSSR count). The first kappa shape index (κ1) is 21.6. The van der Waals surface area contributed by atoms with E-state index in [0.29, 0.717) is 27.2 Å². The first-order chi connectivity index (χ1) is 15.5. The Morgan fingerprint density at radius 2 is 1.84 bits per heavy atom. The van der Waals surface area contributed by atoms with Crippen molar-refractivity contribution >= 4 is 40.3 Å². The van der Waals surface area contributed by atoms with Crippen molar-refractivity contribution in [3.63, 3.8) is 0 Å². The Labute approximate surface area is 189 Å². The first-order valence-electron chi connectivity index (χ1n) is 10.2. The number of hydrogen-bond acceptors (Lipinski definition) is 6. The number of furan rings is 1. The van der Waals surface area contributed by atoms with Crippen LogP contribution in [0.15, 0.2) is 75.0 Å². The van der Waals surface area contributed by atoms with Crippen LogP contribution in [0.4, 0.5) is 11.4 Å². The lowest BCUT2D eigenvalue weighted by Gasteiger charge is -2.01. The van der Waals surface area contributed by atoms with Gasteiger partial charge in [0.1, 0.15) is 11.5 Å². The first-order valence-corrected chi connectivity index (χ1v) is 11.1. The summed E-state index contributed by atoms with van der Waals surface area (Å²) >= 11 is 1.25. The molecule has 162 valence electrons. The standard InChI is InChI=1S/C24H21N3O4S/c1-2-3-4-16-5-9-18(10-6-16)25-24-26-23(28)22(32-24)15-20-13-14-21(31-20)17-7-11-19(12-8-17)27(29)30/h5-15H,2-4H2,1H3,(H,25,26,28)/b22-15+. The summed E-state index contributed by atoms with van der Waals surface area (Å²) in [5.74, 6) is 0.839. The molecular formula is C24H21N3O4S. The molecule has 3 aromatic rings. The molecule has 32 heavy (non-hydrogen) atoms. The summed E-state index contributed by atoms with van der Waals surface area (Å²) in [7, 11) is 0. The van der Waals surface area contributed by atoms with Crippen LogP contribution in [-0.2, 0) is 11.2 Å². The van der Waals surface area contributed by atoms with Gasteiger partial charge in [0.15, 0.2) is 5.17 Å². The number of aliphatic imine (C=N–C) groups is 1. The monoisotopic (exact) mass is 447 g/mol. The molecule has 8 heteroatoms. The maximum Gasteiger partial charge on any atom is 0.269 e. The molecule has 2 aromatic carbocycles. The van der Waals surface area contributed by atoms with Crippen molar-refractivity contribution in [2.45, 2.75) is 26.2 Å². The van der Waals surface area contributed by atoms with Gasteiger partial charge in [-0.1, -0.05) is 25.5 Å². The molecule has 0 saturated carbocycles. The second kappa shape index (κ2) is 9.65. The minimum absolute atomic E-state index is 0.0177. The van der Waals surface area contributed by atoms with E-state index < -0.39 is 4.92 Å². The van der Waals surface area contributed by atoms with Crippen LogP contribution in [0.2, 0.25) is 0 Å². The van der Waals surface area contributed by atoms with Crippen molar-refractivity contribution < 1.29 is 14.1 Å². The van der Waals surface area contributed by atoms with Gasteiger partial charge in [0.25, 0.3) is 11.6 Å². The molecule has 0 atom stereocenters. The van der Waals surface area contributed by atoms with Crippen LogP contribution < -0.4 is 5.32 Å². The largest absolute Gasteiger partial charge is 0.457 e. The third-order valence-electron chi connectivity index (χ3n) is 4.90. The Morgan fingerprint density at radius 1 is 1.09 bits per heavy atom. The molecule has 7 nitrogen and oxygen atoms in total. The molecule has 0 radical (unpaired) electrons. The van der Waals surface area contributed by atoms with Crippen LogP contribution in [0.3, 0.4) is 0 Å². The number of aryl methyl sites for hydroxylation is 1. The zero-order valence-corrected chi connectivity index (χ0v) is 18.2. The molecule has 1 saturated heterocycles.